The molecule has 128 valence electrons. The lowest BCUT2D eigenvalue weighted by Gasteiger charge is -2.36. The highest BCUT2D eigenvalue weighted by atomic mass is 32.2. The fourth-order valence-electron chi connectivity index (χ4n) is 3.45. The summed E-state index contributed by atoms with van der Waals surface area (Å²) in [6.45, 7) is 1.97. The van der Waals surface area contributed by atoms with E-state index in [0.717, 1.165) is 49.4 Å². The summed E-state index contributed by atoms with van der Waals surface area (Å²) < 4.78 is 1.26. The van der Waals surface area contributed by atoms with E-state index >= 15 is 0 Å². The molecule has 2 fully saturated rings. The van der Waals surface area contributed by atoms with E-state index in [2.05, 4.69) is 29.4 Å². The predicted molar refractivity (Wildman–Crippen MR) is 102 cm³/mol. The Kier molecular flexibility index (Phi) is 4.43. The smallest absolute Gasteiger partial charge is 0.225 e. The van der Waals surface area contributed by atoms with E-state index in [9.17, 15) is 4.79 Å². The van der Waals surface area contributed by atoms with Gasteiger partial charge in [0.1, 0.15) is 0 Å². The molecule has 0 N–H and O–H groups in total. The quantitative estimate of drug-likeness (QED) is 0.775. The molecule has 1 aliphatic carbocycles. The first-order chi connectivity index (χ1) is 11.7. The Morgan fingerprint density at radius 1 is 1.29 bits per heavy atom. The van der Waals surface area contributed by atoms with Crippen LogP contribution in [0.3, 0.4) is 0 Å². The molecule has 1 amide bonds. The Bertz CT molecular complexity index is 748. The second kappa shape index (κ2) is 6.56. The summed E-state index contributed by atoms with van der Waals surface area (Å²) in [7, 11) is 1.99. The van der Waals surface area contributed by atoms with Gasteiger partial charge in [-0.3, -0.25) is 4.79 Å². The third kappa shape index (κ3) is 3.02. The lowest BCUT2D eigenvalue weighted by Crippen LogP contribution is -2.46. The third-order valence-electron chi connectivity index (χ3n) is 5.15. The molecule has 6 heteroatoms. The molecule has 4 nitrogen and oxygen atoms in total. The van der Waals surface area contributed by atoms with Crippen molar-refractivity contribution in [2.24, 2.45) is 5.92 Å². The fourth-order valence-corrected chi connectivity index (χ4v) is 5.13. The molecule has 0 spiro atoms. The summed E-state index contributed by atoms with van der Waals surface area (Å²) in [5.41, 5.74) is 1.13. The van der Waals surface area contributed by atoms with Crippen LogP contribution < -0.4 is 4.90 Å². The van der Waals surface area contributed by atoms with E-state index in [1.165, 1.54) is 9.60 Å². The molecule has 24 heavy (non-hydrogen) atoms. The van der Waals surface area contributed by atoms with E-state index in [-0.39, 0.29) is 0 Å². The molecular weight excluding hydrogens is 338 g/mol. The molecule has 2 aromatic rings. The topological polar surface area (TPSA) is 36.4 Å². The summed E-state index contributed by atoms with van der Waals surface area (Å²) in [6.07, 6.45) is 6.36. The lowest BCUT2D eigenvalue weighted by molar-refractivity contribution is -0.133. The maximum atomic E-state index is 12.2. The number of rotatable bonds is 4. The van der Waals surface area contributed by atoms with Gasteiger partial charge in [0, 0.05) is 37.0 Å². The molecule has 2 aliphatic rings. The molecule has 1 aliphatic heterocycles. The number of aromatic nitrogens is 1. The van der Waals surface area contributed by atoms with Gasteiger partial charge in [0.15, 0.2) is 5.13 Å². The van der Waals surface area contributed by atoms with Crippen molar-refractivity contribution >= 4 is 44.4 Å². The number of hydrogen-bond acceptors (Lipinski definition) is 5. The summed E-state index contributed by atoms with van der Waals surface area (Å²) in [4.78, 5) is 22.8. The van der Waals surface area contributed by atoms with Crippen LogP contribution in [-0.4, -0.2) is 48.2 Å². The van der Waals surface area contributed by atoms with Crippen LogP contribution in [0.15, 0.2) is 23.1 Å². The van der Waals surface area contributed by atoms with Crippen LogP contribution in [-0.2, 0) is 4.79 Å². The van der Waals surface area contributed by atoms with Crippen molar-refractivity contribution in [1.82, 2.24) is 9.88 Å². The van der Waals surface area contributed by atoms with E-state index in [1.807, 2.05) is 11.9 Å². The average Bonchev–Trinajstić information content (AvgIpc) is 3.38. The molecule has 2 heterocycles. The van der Waals surface area contributed by atoms with Gasteiger partial charge in [0.25, 0.3) is 0 Å². The number of thiazole rings is 1. The van der Waals surface area contributed by atoms with Gasteiger partial charge in [-0.05, 0) is 44.1 Å². The highest BCUT2D eigenvalue weighted by molar-refractivity contribution is 7.98. The molecule has 0 radical (unpaired) electrons. The number of carbonyl (C=O) groups excluding carboxylic acids is 1. The minimum Gasteiger partial charge on any atom is -0.348 e. The maximum absolute atomic E-state index is 12.2. The Labute approximate surface area is 151 Å². The number of benzene rings is 1. The second-order valence-electron chi connectivity index (χ2n) is 6.75. The maximum Gasteiger partial charge on any atom is 0.225 e. The van der Waals surface area contributed by atoms with Crippen LogP contribution >= 0.6 is 23.1 Å². The minimum absolute atomic E-state index is 0.322. The van der Waals surface area contributed by atoms with Crippen LogP contribution in [0.5, 0.6) is 0 Å². The summed E-state index contributed by atoms with van der Waals surface area (Å²) >= 11 is 3.54. The summed E-state index contributed by atoms with van der Waals surface area (Å²) in [5, 5.41) is 1.13. The first-order valence-corrected chi connectivity index (χ1v) is 10.7. The van der Waals surface area contributed by atoms with Gasteiger partial charge < -0.3 is 9.80 Å². The minimum atomic E-state index is 0.322. The van der Waals surface area contributed by atoms with E-state index < -0.39 is 0 Å². The molecule has 0 unspecified atom stereocenters. The number of hydrogen-bond donors (Lipinski definition) is 0. The lowest BCUT2D eigenvalue weighted by atomic mass is 10.0. The van der Waals surface area contributed by atoms with Crippen molar-refractivity contribution in [2.75, 3.05) is 31.3 Å². The van der Waals surface area contributed by atoms with Gasteiger partial charge in [-0.25, -0.2) is 4.98 Å². The van der Waals surface area contributed by atoms with Crippen LogP contribution in [0, 0.1) is 5.92 Å². The number of amides is 1. The van der Waals surface area contributed by atoms with Gasteiger partial charge in [-0.1, -0.05) is 17.4 Å². The van der Waals surface area contributed by atoms with Crippen molar-refractivity contribution in [3.05, 3.63) is 18.2 Å². The Hall–Kier alpha value is -1.27. The van der Waals surface area contributed by atoms with Gasteiger partial charge in [0.2, 0.25) is 5.91 Å². The molecule has 1 aromatic heterocycles. The first kappa shape index (κ1) is 16.2. The molecular formula is C18H23N3OS2. The zero-order chi connectivity index (χ0) is 16.7. The van der Waals surface area contributed by atoms with Gasteiger partial charge in [0.05, 0.1) is 10.2 Å². The number of carbonyl (C=O) groups is 1. The van der Waals surface area contributed by atoms with E-state index in [4.69, 9.17) is 4.98 Å². The summed E-state index contributed by atoms with van der Waals surface area (Å²) in [5.74, 6) is 0.681. The van der Waals surface area contributed by atoms with Crippen LogP contribution in [0.1, 0.15) is 25.7 Å². The van der Waals surface area contributed by atoms with Crippen LogP contribution in [0.4, 0.5) is 5.13 Å². The zero-order valence-electron chi connectivity index (χ0n) is 14.2. The van der Waals surface area contributed by atoms with Crippen LogP contribution in [0.25, 0.3) is 10.2 Å². The van der Waals surface area contributed by atoms with E-state index in [0.29, 0.717) is 17.9 Å². The normalized spacial score (nSPS) is 19.0. The van der Waals surface area contributed by atoms with Crippen molar-refractivity contribution in [2.45, 2.75) is 36.6 Å². The molecule has 0 atom stereocenters. The molecule has 1 saturated heterocycles. The predicted octanol–water partition coefficient (Wildman–Crippen LogP) is 3.86. The third-order valence-corrected chi connectivity index (χ3v) is 7.00. The Morgan fingerprint density at radius 2 is 2.04 bits per heavy atom. The standard InChI is InChI=1S/C18H23N3OS2/c1-20(17(22)12-6-7-12)13-8-10-21(11-9-13)18-19-16-14(23-2)4-3-5-15(16)24-18/h3-5,12-13H,6-11H2,1-2H3. The molecule has 1 aromatic carbocycles. The number of para-hydroxylation sites is 1. The average molecular weight is 362 g/mol. The summed E-state index contributed by atoms with van der Waals surface area (Å²) in [6, 6.07) is 6.80. The highest BCUT2D eigenvalue weighted by Crippen LogP contribution is 2.36. The SMILES string of the molecule is CSc1cccc2sc(N3CCC(N(C)C(=O)C4CC4)CC3)nc12. The van der Waals surface area contributed by atoms with Crippen molar-refractivity contribution < 1.29 is 4.79 Å². The number of fused-ring (bicyclic) bond motifs is 1. The van der Waals surface area contributed by atoms with E-state index in [1.54, 1.807) is 23.1 Å². The van der Waals surface area contributed by atoms with Crippen molar-refractivity contribution in [1.29, 1.82) is 0 Å². The number of nitrogens with zero attached hydrogens (tertiary/aromatic N) is 3. The first-order valence-electron chi connectivity index (χ1n) is 8.62. The largest absolute Gasteiger partial charge is 0.348 e. The van der Waals surface area contributed by atoms with Crippen LogP contribution in [0.2, 0.25) is 0 Å². The Morgan fingerprint density at radius 3 is 2.71 bits per heavy atom. The number of thioether (sulfide) groups is 1. The van der Waals surface area contributed by atoms with Gasteiger partial charge >= 0.3 is 0 Å². The Balaban J connectivity index is 1.45. The molecule has 4 rings (SSSR count). The van der Waals surface area contributed by atoms with Crippen molar-refractivity contribution in [3.8, 4) is 0 Å². The molecule has 1 saturated carbocycles. The zero-order valence-corrected chi connectivity index (χ0v) is 15.8. The number of piperidine rings is 1. The second-order valence-corrected chi connectivity index (χ2v) is 8.60. The molecule has 0 bridgehead atoms. The highest BCUT2D eigenvalue weighted by Gasteiger charge is 2.35. The van der Waals surface area contributed by atoms with Gasteiger partial charge in [-0.2, -0.15) is 0 Å². The van der Waals surface area contributed by atoms with Gasteiger partial charge in [-0.15, -0.1) is 11.8 Å². The number of anilines is 1. The van der Waals surface area contributed by atoms with Crippen molar-refractivity contribution in [3.63, 3.8) is 0 Å². The fraction of sp³-hybridized carbons (Fsp3) is 0.556. The monoisotopic (exact) mass is 361 g/mol.